The molecule has 0 spiro atoms. The number of imidazole rings is 1. The molecule has 1 heterocycles. The van der Waals surface area contributed by atoms with Crippen LogP contribution in [0.2, 0.25) is 0 Å². The second kappa shape index (κ2) is 4.82. The minimum atomic E-state index is 0.0642. The Morgan fingerprint density at radius 1 is 1.28 bits per heavy atom. The maximum Gasteiger partial charge on any atom is 0.130 e. The van der Waals surface area contributed by atoms with Crippen LogP contribution in [0, 0.1) is 0 Å². The molecular formula is C14H16N2O2. The van der Waals surface area contributed by atoms with Gasteiger partial charge in [0.15, 0.2) is 0 Å². The van der Waals surface area contributed by atoms with E-state index in [1.807, 2.05) is 36.8 Å². The zero-order chi connectivity index (χ0) is 12.4. The Morgan fingerprint density at radius 3 is 2.72 bits per heavy atom. The van der Waals surface area contributed by atoms with E-state index < -0.39 is 0 Å². The van der Waals surface area contributed by atoms with Crippen molar-refractivity contribution in [2.45, 2.75) is 32.1 Å². The molecule has 0 radical (unpaired) electrons. The van der Waals surface area contributed by atoms with Crippen molar-refractivity contribution in [1.29, 1.82) is 0 Å². The zero-order valence-corrected chi connectivity index (χ0v) is 10.1. The second-order valence-electron chi connectivity index (χ2n) is 4.61. The van der Waals surface area contributed by atoms with Gasteiger partial charge in [-0.3, -0.25) is 0 Å². The summed E-state index contributed by atoms with van der Waals surface area (Å²) in [6.07, 6.45) is 6.23. The molecule has 1 fully saturated rings. The van der Waals surface area contributed by atoms with Crippen LogP contribution in [-0.2, 0) is 13.2 Å². The van der Waals surface area contributed by atoms with E-state index in [9.17, 15) is 0 Å². The number of aliphatic hydroxyl groups excluding tert-OH is 1. The number of nitrogens with zero attached hydrogens (tertiary/aromatic N) is 2. The minimum absolute atomic E-state index is 0.0642. The first kappa shape index (κ1) is 11.3. The standard InChI is InChI=1S/C14H16N2O2/c17-8-11-1-5-14(6-2-11)18-9-13-7-15-10-16(13)12-3-4-12/h1-2,5-7,10,12,17H,3-4,8-9H2. The molecule has 0 bridgehead atoms. The summed E-state index contributed by atoms with van der Waals surface area (Å²) in [6, 6.07) is 8.12. The quantitative estimate of drug-likeness (QED) is 0.877. The summed E-state index contributed by atoms with van der Waals surface area (Å²) in [6.45, 7) is 0.601. The van der Waals surface area contributed by atoms with Crippen LogP contribution in [0.3, 0.4) is 0 Å². The van der Waals surface area contributed by atoms with Gasteiger partial charge >= 0.3 is 0 Å². The summed E-state index contributed by atoms with van der Waals surface area (Å²) in [5.74, 6) is 0.816. The lowest BCUT2D eigenvalue weighted by atomic mass is 10.2. The van der Waals surface area contributed by atoms with Gasteiger partial charge in [0.25, 0.3) is 0 Å². The summed E-state index contributed by atoms with van der Waals surface area (Å²) in [5.41, 5.74) is 2.01. The smallest absolute Gasteiger partial charge is 0.130 e. The monoisotopic (exact) mass is 244 g/mol. The SMILES string of the molecule is OCc1ccc(OCc2cncn2C2CC2)cc1. The van der Waals surface area contributed by atoms with Gasteiger partial charge in [0, 0.05) is 6.04 Å². The molecular weight excluding hydrogens is 228 g/mol. The molecule has 18 heavy (non-hydrogen) atoms. The van der Waals surface area contributed by atoms with Crippen LogP contribution in [0.1, 0.15) is 30.1 Å². The van der Waals surface area contributed by atoms with Gasteiger partial charge in [0.1, 0.15) is 12.4 Å². The molecule has 0 aliphatic heterocycles. The van der Waals surface area contributed by atoms with Crippen LogP contribution < -0.4 is 4.74 Å². The van der Waals surface area contributed by atoms with Gasteiger partial charge in [-0.15, -0.1) is 0 Å². The van der Waals surface area contributed by atoms with Crippen molar-refractivity contribution in [2.75, 3.05) is 0 Å². The Labute approximate surface area is 106 Å². The number of rotatable bonds is 5. The molecule has 2 aromatic rings. The lowest BCUT2D eigenvalue weighted by Gasteiger charge is -2.09. The van der Waals surface area contributed by atoms with E-state index >= 15 is 0 Å². The Hall–Kier alpha value is -1.81. The summed E-state index contributed by atoms with van der Waals surface area (Å²) in [4.78, 5) is 4.17. The number of benzene rings is 1. The fraction of sp³-hybridized carbons (Fsp3) is 0.357. The average Bonchev–Trinajstić information content (AvgIpc) is 3.16. The Balaban J connectivity index is 1.64. The fourth-order valence-electron chi connectivity index (χ4n) is 1.97. The maximum absolute atomic E-state index is 8.96. The molecule has 1 aromatic heterocycles. The third kappa shape index (κ3) is 2.38. The van der Waals surface area contributed by atoms with Crippen LogP contribution in [0.15, 0.2) is 36.8 Å². The van der Waals surface area contributed by atoms with Crippen LogP contribution in [0.4, 0.5) is 0 Å². The van der Waals surface area contributed by atoms with E-state index in [0.717, 1.165) is 17.0 Å². The third-order valence-electron chi connectivity index (χ3n) is 3.18. The molecule has 1 N–H and O–H groups in total. The fourth-order valence-corrected chi connectivity index (χ4v) is 1.97. The van der Waals surface area contributed by atoms with E-state index in [1.165, 1.54) is 12.8 Å². The number of ether oxygens (including phenoxy) is 1. The van der Waals surface area contributed by atoms with E-state index in [-0.39, 0.29) is 6.61 Å². The minimum Gasteiger partial charge on any atom is -0.487 e. The molecule has 1 saturated carbocycles. The zero-order valence-electron chi connectivity index (χ0n) is 10.1. The average molecular weight is 244 g/mol. The predicted molar refractivity (Wildman–Crippen MR) is 67.2 cm³/mol. The molecule has 4 nitrogen and oxygen atoms in total. The summed E-state index contributed by atoms with van der Waals surface area (Å²) in [5, 5.41) is 8.96. The first-order valence-corrected chi connectivity index (χ1v) is 6.20. The van der Waals surface area contributed by atoms with E-state index in [4.69, 9.17) is 9.84 Å². The van der Waals surface area contributed by atoms with Crippen molar-refractivity contribution in [3.8, 4) is 5.75 Å². The largest absolute Gasteiger partial charge is 0.487 e. The highest BCUT2D eigenvalue weighted by Gasteiger charge is 2.25. The summed E-state index contributed by atoms with van der Waals surface area (Å²) >= 11 is 0. The van der Waals surface area contributed by atoms with Crippen molar-refractivity contribution in [1.82, 2.24) is 9.55 Å². The van der Waals surface area contributed by atoms with Crippen molar-refractivity contribution < 1.29 is 9.84 Å². The maximum atomic E-state index is 8.96. The van der Waals surface area contributed by atoms with Gasteiger partial charge in [0.2, 0.25) is 0 Å². The molecule has 0 atom stereocenters. The molecule has 1 aliphatic carbocycles. The topological polar surface area (TPSA) is 47.3 Å². The number of aromatic nitrogens is 2. The van der Waals surface area contributed by atoms with Crippen LogP contribution >= 0.6 is 0 Å². The lowest BCUT2D eigenvalue weighted by molar-refractivity contribution is 0.280. The number of hydrogen-bond acceptors (Lipinski definition) is 3. The Morgan fingerprint density at radius 2 is 2.06 bits per heavy atom. The van der Waals surface area contributed by atoms with Gasteiger partial charge in [-0.2, -0.15) is 0 Å². The van der Waals surface area contributed by atoms with E-state index in [0.29, 0.717) is 12.6 Å². The van der Waals surface area contributed by atoms with Gasteiger partial charge in [-0.25, -0.2) is 4.98 Å². The number of aliphatic hydroxyl groups is 1. The molecule has 0 unspecified atom stereocenters. The van der Waals surface area contributed by atoms with E-state index in [2.05, 4.69) is 9.55 Å². The lowest BCUT2D eigenvalue weighted by Crippen LogP contribution is -2.03. The van der Waals surface area contributed by atoms with Crippen molar-refractivity contribution in [3.63, 3.8) is 0 Å². The molecule has 1 aromatic carbocycles. The Bertz CT molecular complexity index is 515. The van der Waals surface area contributed by atoms with Crippen molar-refractivity contribution in [3.05, 3.63) is 48.0 Å². The van der Waals surface area contributed by atoms with Gasteiger partial charge in [0.05, 0.1) is 24.8 Å². The number of hydrogen-bond donors (Lipinski definition) is 1. The van der Waals surface area contributed by atoms with Crippen molar-refractivity contribution in [2.24, 2.45) is 0 Å². The highest BCUT2D eigenvalue weighted by atomic mass is 16.5. The van der Waals surface area contributed by atoms with E-state index in [1.54, 1.807) is 0 Å². The highest BCUT2D eigenvalue weighted by molar-refractivity contribution is 5.27. The Kier molecular flexibility index (Phi) is 3.02. The first-order valence-electron chi connectivity index (χ1n) is 6.20. The summed E-state index contributed by atoms with van der Waals surface area (Å²) < 4.78 is 7.92. The summed E-state index contributed by atoms with van der Waals surface area (Å²) in [7, 11) is 0. The highest BCUT2D eigenvalue weighted by Crippen LogP contribution is 2.35. The van der Waals surface area contributed by atoms with Gasteiger partial charge < -0.3 is 14.4 Å². The molecule has 94 valence electrons. The van der Waals surface area contributed by atoms with Crippen molar-refractivity contribution >= 4 is 0 Å². The molecule has 3 rings (SSSR count). The third-order valence-corrected chi connectivity index (χ3v) is 3.18. The van der Waals surface area contributed by atoms with Crippen LogP contribution in [0.5, 0.6) is 5.75 Å². The van der Waals surface area contributed by atoms with Gasteiger partial charge in [-0.05, 0) is 30.5 Å². The molecule has 0 amide bonds. The molecule has 0 saturated heterocycles. The van der Waals surface area contributed by atoms with Crippen LogP contribution in [0.25, 0.3) is 0 Å². The first-order chi connectivity index (χ1) is 8.86. The second-order valence-corrected chi connectivity index (χ2v) is 4.61. The molecule has 4 heteroatoms. The predicted octanol–water partition coefficient (Wildman–Crippen LogP) is 2.29. The molecule has 1 aliphatic rings. The van der Waals surface area contributed by atoms with Gasteiger partial charge in [-0.1, -0.05) is 12.1 Å². The van der Waals surface area contributed by atoms with Crippen LogP contribution in [-0.4, -0.2) is 14.7 Å². The normalized spacial score (nSPS) is 14.7.